The number of hydrogen-bond donors (Lipinski definition) is 1. The molecular formula is C14H23NO3. The highest BCUT2D eigenvalue weighted by Crippen LogP contribution is 2.48. The Balaban J connectivity index is 1.65. The van der Waals surface area contributed by atoms with E-state index >= 15 is 0 Å². The maximum absolute atomic E-state index is 11.5. The van der Waals surface area contributed by atoms with Crippen LogP contribution < -0.4 is 0 Å². The van der Waals surface area contributed by atoms with Crippen molar-refractivity contribution in [3.05, 3.63) is 0 Å². The Hall–Kier alpha value is -0.610. The zero-order chi connectivity index (χ0) is 12.8. The maximum Gasteiger partial charge on any atom is 0.310 e. The van der Waals surface area contributed by atoms with Crippen molar-refractivity contribution >= 4 is 5.97 Å². The second-order valence-electron chi connectivity index (χ2n) is 6.65. The second kappa shape index (κ2) is 4.20. The molecule has 2 saturated heterocycles. The number of hydrogen-bond acceptors (Lipinski definition) is 3. The van der Waals surface area contributed by atoms with Crippen molar-refractivity contribution < 1.29 is 14.6 Å². The van der Waals surface area contributed by atoms with Crippen molar-refractivity contribution in [3.8, 4) is 0 Å². The summed E-state index contributed by atoms with van der Waals surface area (Å²) in [5.41, 5.74) is -0.0764. The molecule has 1 spiro atoms. The molecule has 2 aliphatic heterocycles. The van der Waals surface area contributed by atoms with Crippen LogP contribution in [0.15, 0.2) is 0 Å². The Kier molecular flexibility index (Phi) is 2.90. The molecule has 2 unspecified atom stereocenters. The van der Waals surface area contributed by atoms with Crippen LogP contribution in [0.5, 0.6) is 0 Å². The number of rotatable bonds is 2. The first kappa shape index (κ1) is 12.4. The van der Waals surface area contributed by atoms with E-state index in [1.807, 2.05) is 6.92 Å². The third-order valence-electron chi connectivity index (χ3n) is 5.47. The fourth-order valence-corrected chi connectivity index (χ4v) is 4.14. The van der Waals surface area contributed by atoms with E-state index < -0.39 is 11.4 Å². The van der Waals surface area contributed by atoms with E-state index in [0.717, 1.165) is 58.4 Å². The van der Waals surface area contributed by atoms with Gasteiger partial charge in [-0.2, -0.15) is 0 Å². The summed E-state index contributed by atoms with van der Waals surface area (Å²) < 4.78 is 5.43. The molecule has 3 aliphatic rings. The van der Waals surface area contributed by atoms with Crippen LogP contribution in [0.3, 0.4) is 0 Å². The van der Waals surface area contributed by atoms with Gasteiger partial charge in [0.2, 0.25) is 0 Å². The molecule has 0 bridgehead atoms. The number of nitrogens with zero attached hydrogens (tertiary/aromatic N) is 1. The topological polar surface area (TPSA) is 49.8 Å². The lowest BCUT2D eigenvalue weighted by molar-refractivity contribution is -0.158. The van der Waals surface area contributed by atoms with E-state index in [1.54, 1.807) is 0 Å². The summed E-state index contributed by atoms with van der Waals surface area (Å²) in [6, 6.07) is 0.253. The van der Waals surface area contributed by atoms with Gasteiger partial charge in [-0.05, 0) is 32.6 Å². The normalized spacial score (nSPS) is 39.7. The molecule has 1 saturated carbocycles. The summed E-state index contributed by atoms with van der Waals surface area (Å²) >= 11 is 0. The molecule has 102 valence electrons. The fourth-order valence-electron chi connectivity index (χ4n) is 4.14. The van der Waals surface area contributed by atoms with Gasteiger partial charge in [-0.25, -0.2) is 0 Å². The molecule has 0 aromatic rings. The first-order valence-electron chi connectivity index (χ1n) is 7.11. The molecule has 2 heterocycles. The molecule has 4 heteroatoms. The van der Waals surface area contributed by atoms with Gasteiger partial charge in [-0.3, -0.25) is 9.69 Å². The maximum atomic E-state index is 11.5. The average molecular weight is 253 g/mol. The Labute approximate surface area is 108 Å². The van der Waals surface area contributed by atoms with Crippen molar-refractivity contribution in [2.24, 2.45) is 10.8 Å². The zero-order valence-corrected chi connectivity index (χ0v) is 11.2. The highest BCUT2D eigenvalue weighted by atomic mass is 16.5. The van der Waals surface area contributed by atoms with Gasteiger partial charge in [-0.1, -0.05) is 6.42 Å². The molecular weight excluding hydrogens is 230 g/mol. The predicted octanol–water partition coefficient (Wildman–Crippen LogP) is 1.74. The van der Waals surface area contributed by atoms with Crippen LogP contribution in [0.1, 0.15) is 39.0 Å². The number of ether oxygens (including phenoxy) is 1. The first-order valence-corrected chi connectivity index (χ1v) is 7.11. The van der Waals surface area contributed by atoms with Gasteiger partial charge in [0.1, 0.15) is 0 Å². The fraction of sp³-hybridized carbons (Fsp3) is 0.929. The van der Waals surface area contributed by atoms with Gasteiger partial charge in [0.25, 0.3) is 0 Å². The monoisotopic (exact) mass is 253 g/mol. The number of carboxylic acid groups (broad SMARTS) is 1. The third kappa shape index (κ3) is 1.77. The van der Waals surface area contributed by atoms with Crippen molar-refractivity contribution in [1.29, 1.82) is 0 Å². The molecule has 1 aliphatic carbocycles. The molecule has 2 atom stereocenters. The quantitative estimate of drug-likeness (QED) is 0.814. The van der Waals surface area contributed by atoms with Crippen LogP contribution in [0.4, 0.5) is 0 Å². The Bertz CT molecular complexity index is 343. The van der Waals surface area contributed by atoms with Crippen LogP contribution in [0.25, 0.3) is 0 Å². The number of carboxylic acids is 1. The molecule has 3 fully saturated rings. The van der Waals surface area contributed by atoms with Crippen molar-refractivity contribution in [3.63, 3.8) is 0 Å². The average Bonchev–Trinajstić information content (AvgIpc) is 2.70. The summed E-state index contributed by atoms with van der Waals surface area (Å²) in [7, 11) is 0. The predicted molar refractivity (Wildman–Crippen MR) is 67.4 cm³/mol. The summed E-state index contributed by atoms with van der Waals surface area (Å²) in [4.78, 5) is 13.9. The van der Waals surface area contributed by atoms with Gasteiger partial charge < -0.3 is 9.84 Å². The number of aliphatic carboxylic acids is 1. The van der Waals surface area contributed by atoms with Crippen LogP contribution in [-0.2, 0) is 9.53 Å². The van der Waals surface area contributed by atoms with E-state index in [9.17, 15) is 9.90 Å². The molecule has 0 amide bonds. The van der Waals surface area contributed by atoms with Crippen LogP contribution >= 0.6 is 0 Å². The molecule has 18 heavy (non-hydrogen) atoms. The minimum atomic E-state index is -0.613. The van der Waals surface area contributed by atoms with Gasteiger partial charge in [0.15, 0.2) is 0 Å². The van der Waals surface area contributed by atoms with E-state index in [4.69, 9.17) is 4.74 Å². The van der Waals surface area contributed by atoms with Gasteiger partial charge in [0, 0.05) is 37.8 Å². The lowest BCUT2D eigenvalue weighted by Gasteiger charge is -2.56. The van der Waals surface area contributed by atoms with Gasteiger partial charge in [0.05, 0.1) is 5.41 Å². The summed E-state index contributed by atoms with van der Waals surface area (Å²) in [6.07, 6.45) is 5.25. The van der Waals surface area contributed by atoms with Gasteiger partial charge >= 0.3 is 5.97 Å². The SMILES string of the molecule is CC1(C(=O)O)CCCC1N1CC2(CCOCC2)C1. The summed E-state index contributed by atoms with van der Waals surface area (Å²) in [5, 5.41) is 9.47. The van der Waals surface area contributed by atoms with Crippen LogP contribution in [-0.4, -0.2) is 48.3 Å². The summed E-state index contributed by atoms with van der Waals surface area (Å²) in [6.45, 7) is 5.87. The van der Waals surface area contributed by atoms with E-state index in [1.165, 1.54) is 0 Å². The van der Waals surface area contributed by atoms with Crippen LogP contribution in [0.2, 0.25) is 0 Å². The first-order chi connectivity index (χ1) is 8.56. The van der Waals surface area contributed by atoms with E-state index in [2.05, 4.69) is 4.90 Å². The third-order valence-corrected chi connectivity index (χ3v) is 5.47. The highest BCUT2D eigenvalue weighted by Gasteiger charge is 2.54. The standard InChI is InChI=1S/C14H23NO3/c1-13(12(16)17)4-2-3-11(13)15-9-14(10-15)5-7-18-8-6-14/h11H,2-10H2,1H3,(H,16,17). The highest BCUT2D eigenvalue weighted by molar-refractivity contribution is 5.75. The zero-order valence-electron chi connectivity index (χ0n) is 11.2. The van der Waals surface area contributed by atoms with Crippen LogP contribution in [0, 0.1) is 10.8 Å². The molecule has 0 aromatic carbocycles. The number of carbonyl (C=O) groups is 1. The summed E-state index contributed by atoms with van der Waals surface area (Å²) in [5.74, 6) is -0.613. The molecule has 3 rings (SSSR count). The Morgan fingerprint density at radius 2 is 1.94 bits per heavy atom. The second-order valence-corrected chi connectivity index (χ2v) is 6.65. The number of likely N-dealkylation sites (tertiary alicyclic amines) is 1. The molecule has 4 nitrogen and oxygen atoms in total. The molecule has 0 aromatic heterocycles. The lowest BCUT2D eigenvalue weighted by atomic mass is 9.70. The van der Waals surface area contributed by atoms with Crippen molar-refractivity contribution in [1.82, 2.24) is 4.90 Å². The largest absolute Gasteiger partial charge is 0.481 e. The lowest BCUT2D eigenvalue weighted by Crippen LogP contribution is -2.64. The van der Waals surface area contributed by atoms with E-state index in [0.29, 0.717) is 5.41 Å². The van der Waals surface area contributed by atoms with Crippen molar-refractivity contribution in [2.75, 3.05) is 26.3 Å². The van der Waals surface area contributed by atoms with E-state index in [-0.39, 0.29) is 6.04 Å². The Morgan fingerprint density at radius 1 is 1.28 bits per heavy atom. The van der Waals surface area contributed by atoms with Gasteiger partial charge in [-0.15, -0.1) is 0 Å². The smallest absolute Gasteiger partial charge is 0.310 e. The Morgan fingerprint density at radius 3 is 2.56 bits per heavy atom. The molecule has 0 radical (unpaired) electrons. The molecule has 1 N–H and O–H groups in total. The van der Waals surface area contributed by atoms with Crippen molar-refractivity contribution in [2.45, 2.75) is 45.1 Å². The minimum absolute atomic E-state index is 0.253. The minimum Gasteiger partial charge on any atom is -0.481 e.